The normalized spacial score (nSPS) is 20.2. The summed E-state index contributed by atoms with van der Waals surface area (Å²) in [5, 5.41) is 0.634. The van der Waals surface area contributed by atoms with Crippen LogP contribution in [-0.2, 0) is 16.1 Å². The first-order valence-corrected chi connectivity index (χ1v) is 6.15. The number of allylic oxidation sites excluding steroid dienone is 1. The van der Waals surface area contributed by atoms with Crippen LogP contribution in [0.1, 0.15) is 18.4 Å². The Morgan fingerprint density at radius 3 is 2.76 bits per heavy atom. The predicted molar refractivity (Wildman–Crippen MR) is 67.8 cm³/mol. The minimum Gasteiger partial charge on any atom is -0.376 e. The molecule has 1 atom stereocenters. The van der Waals surface area contributed by atoms with Crippen molar-refractivity contribution in [1.82, 2.24) is 0 Å². The van der Waals surface area contributed by atoms with Gasteiger partial charge < -0.3 is 4.74 Å². The largest absolute Gasteiger partial charge is 0.376 e. The minimum atomic E-state index is 0.120. The SMILES string of the molecule is O=C1C=C(Cl)C(COCc2ccccc2)CC1. The molecule has 0 fully saturated rings. The lowest BCUT2D eigenvalue weighted by Gasteiger charge is -2.19. The smallest absolute Gasteiger partial charge is 0.156 e. The molecule has 0 bridgehead atoms. The number of ether oxygens (including phenoxy) is 1. The predicted octanol–water partition coefficient (Wildman–Crippen LogP) is 3.31. The van der Waals surface area contributed by atoms with Crippen molar-refractivity contribution in [3.8, 4) is 0 Å². The standard InChI is InChI=1S/C14H15ClO2/c15-14-8-13(16)7-6-12(14)10-17-9-11-4-2-1-3-5-11/h1-5,8,12H,6-7,9-10H2. The molecule has 0 saturated carbocycles. The lowest BCUT2D eigenvalue weighted by molar-refractivity contribution is -0.115. The van der Waals surface area contributed by atoms with Crippen molar-refractivity contribution in [2.24, 2.45) is 5.92 Å². The zero-order chi connectivity index (χ0) is 12.1. The molecule has 1 aliphatic rings. The number of ketones is 1. The molecule has 0 radical (unpaired) electrons. The van der Waals surface area contributed by atoms with Crippen LogP contribution in [0.15, 0.2) is 41.4 Å². The van der Waals surface area contributed by atoms with Gasteiger partial charge in [-0.15, -0.1) is 0 Å². The fourth-order valence-corrected chi connectivity index (χ4v) is 2.15. The summed E-state index contributed by atoms with van der Waals surface area (Å²) in [6.07, 6.45) is 2.90. The van der Waals surface area contributed by atoms with E-state index in [2.05, 4.69) is 0 Å². The average Bonchev–Trinajstić information content (AvgIpc) is 2.33. The third-order valence-corrected chi connectivity index (χ3v) is 3.28. The second-order valence-electron chi connectivity index (χ2n) is 4.23. The van der Waals surface area contributed by atoms with Gasteiger partial charge in [0.25, 0.3) is 0 Å². The Balaban J connectivity index is 1.80. The van der Waals surface area contributed by atoms with Crippen LogP contribution in [0.25, 0.3) is 0 Å². The fraction of sp³-hybridized carbons (Fsp3) is 0.357. The van der Waals surface area contributed by atoms with Crippen molar-refractivity contribution in [3.05, 3.63) is 47.0 Å². The highest BCUT2D eigenvalue weighted by molar-refractivity contribution is 6.31. The highest BCUT2D eigenvalue weighted by atomic mass is 35.5. The zero-order valence-electron chi connectivity index (χ0n) is 9.56. The van der Waals surface area contributed by atoms with Crippen LogP contribution in [0.2, 0.25) is 0 Å². The number of rotatable bonds is 4. The summed E-state index contributed by atoms with van der Waals surface area (Å²) >= 11 is 6.02. The molecular formula is C14H15ClO2. The summed E-state index contributed by atoms with van der Waals surface area (Å²) in [4.78, 5) is 11.1. The van der Waals surface area contributed by atoms with Gasteiger partial charge in [-0.1, -0.05) is 41.9 Å². The van der Waals surface area contributed by atoms with Crippen LogP contribution in [0.3, 0.4) is 0 Å². The Hall–Kier alpha value is -1.12. The molecule has 90 valence electrons. The molecule has 1 aliphatic carbocycles. The molecule has 2 rings (SSSR count). The van der Waals surface area contributed by atoms with Gasteiger partial charge in [-0.3, -0.25) is 4.79 Å². The summed E-state index contributed by atoms with van der Waals surface area (Å²) in [6, 6.07) is 10.0. The molecule has 1 aromatic rings. The molecular weight excluding hydrogens is 236 g/mol. The molecule has 17 heavy (non-hydrogen) atoms. The molecule has 3 heteroatoms. The zero-order valence-corrected chi connectivity index (χ0v) is 10.3. The highest BCUT2D eigenvalue weighted by Gasteiger charge is 2.20. The molecule has 0 aliphatic heterocycles. The van der Waals surface area contributed by atoms with Gasteiger partial charge in [0, 0.05) is 17.4 Å². The highest BCUT2D eigenvalue weighted by Crippen LogP contribution is 2.26. The van der Waals surface area contributed by atoms with E-state index < -0.39 is 0 Å². The van der Waals surface area contributed by atoms with Gasteiger partial charge in [-0.05, 0) is 18.1 Å². The first kappa shape index (κ1) is 12.3. The summed E-state index contributed by atoms with van der Waals surface area (Å²) in [5.41, 5.74) is 1.15. The Kier molecular flexibility index (Phi) is 4.35. The van der Waals surface area contributed by atoms with Crippen LogP contribution < -0.4 is 0 Å². The molecule has 0 heterocycles. The van der Waals surface area contributed by atoms with Crippen molar-refractivity contribution in [2.75, 3.05) is 6.61 Å². The molecule has 1 unspecified atom stereocenters. The van der Waals surface area contributed by atoms with Crippen molar-refractivity contribution < 1.29 is 9.53 Å². The molecule has 0 aromatic heterocycles. The Labute approximate surface area is 106 Å². The van der Waals surface area contributed by atoms with E-state index in [1.807, 2.05) is 30.3 Å². The molecule has 0 N–H and O–H groups in total. The van der Waals surface area contributed by atoms with Crippen LogP contribution in [0.4, 0.5) is 0 Å². The monoisotopic (exact) mass is 250 g/mol. The summed E-state index contributed by atoms with van der Waals surface area (Å²) in [6.45, 7) is 1.17. The third kappa shape index (κ3) is 3.69. The topological polar surface area (TPSA) is 26.3 Å². The van der Waals surface area contributed by atoms with Crippen molar-refractivity contribution in [3.63, 3.8) is 0 Å². The van der Waals surface area contributed by atoms with Gasteiger partial charge >= 0.3 is 0 Å². The number of halogens is 1. The van der Waals surface area contributed by atoms with E-state index in [0.29, 0.717) is 24.7 Å². The summed E-state index contributed by atoms with van der Waals surface area (Å²) < 4.78 is 5.63. The number of hydrogen-bond acceptors (Lipinski definition) is 2. The van der Waals surface area contributed by atoms with E-state index in [1.54, 1.807) is 0 Å². The van der Waals surface area contributed by atoms with Crippen LogP contribution in [-0.4, -0.2) is 12.4 Å². The Bertz CT molecular complexity index is 411. The average molecular weight is 251 g/mol. The van der Waals surface area contributed by atoms with Gasteiger partial charge in [0.2, 0.25) is 0 Å². The van der Waals surface area contributed by atoms with Gasteiger partial charge in [0.15, 0.2) is 5.78 Å². The first-order valence-electron chi connectivity index (χ1n) is 5.77. The first-order chi connectivity index (χ1) is 8.25. The van der Waals surface area contributed by atoms with E-state index in [9.17, 15) is 4.79 Å². The van der Waals surface area contributed by atoms with Crippen LogP contribution in [0, 0.1) is 5.92 Å². The fourth-order valence-electron chi connectivity index (χ4n) is 1.85. The molecule has 0 spiro atoms. The van der Waals surface area contributed by atoms with Crippen LogP contribution >= 0.6 is 11.6 Å². The molecule has 0 saturated heterocycles. The summed E-state index contributed by atoms with van der Waals surface area (Å²) in [5.74, 6) is 0.299. The lowest BCUT2D eigenvalue weighted by Crippen LogP contribution is -2.16. The number of benzene rings is 1. The maximum atomic E-state index is 11.1. The molecule has 0 amide bonds. The van der Waals surface area contributed by atoms with Gasteiger partial charge in [0.1, 0.15) is 0 Å². The Morgan fingerprint density at radius 1 is 1.29 bits per heavy atom. The van der Waals surface area contributed by atoms with Crippen molar-refractivity contribution in [1.29, 1.82) is 0 Å². The quantitative estimate of drug-likeness (QED) is 0.820. The van der Waals surface area contributed by atoms with Gasteiger partial charge in [-0.25, -0.2) is 0 Å². The number of hydrogen-bond donors (Lipinski definition) is 0. The Morgan fingerprint density at radius 2 is 2.06 bits per heavy atom. The van der Waals surface area contributed by atoms with E-state index in [-0.39, 0.29) is 11.7 Å². The maximum absolute atomic E-state index is 11.1. The summed E-state index contributed by atoms with van der Waals surface area (Å²) in [7, 11) is 0. The van der Waals surface area contributed by atoms with E-state index >= 15 is 0 Å². The lowest BCUT2D eigenvalue weighted by atomic mass is 9.95. The van der Waals surface area contributed by atoms with Crippen LogP contribution in [0.5, 0.6) is 0 Å². The number of carbonyl (C=O) groups is 1. The molecule has 1 aromatic carbocycles. The van der Waals surface area contributed by atoms with Gasteiger partial charge in [-0.2, -0.15) is 0 Å². The van der Waals surface area contributed by atoms with Gasteiger partial charge in [0.05, 0.1) is 13.2 Å². The van der Waals surface area contributed by atoms with E-state index in [0.717, 1.165) is 12.0 Å². The number of carbonyl (C=O) groups excluding carboxylic acids is 1. The van der Waals surface area contributed by atoms with E-state index in [1.165, 1.54) is 6.08 Å². The van der Waals surface area contributed by atoms with E-state index in [4.69, 9.17) is 16.3 Å². The molecule has 2 nitrogen and oxygen atoms in total. The van der Waals surface area contributed by atoms with Crippen molar-refractivity contribution in [2.45, 2.75) is 19.4 Å². The maximum Gasteiger partial charge on any atom is 0.156 e. The second-order valence-corrected chi connectivity index (χ2v) is 4.67. The van der Waals surface area contributed by atoms with Crippen molar-refractivity contribution >= 4 is 17.4 Å². The minimum absolute atomic E-state index is 0.120. The second kappa shape index (κ2) is 5.99. The third-order valence-electron chi connectivity index (χ3n) is 2.86.